The van der Waals surface area contributed by atoms with Crippen LogP contribution < -0.4 is 5.32 Å². The lowest BCUT2D eigenvalue weighted by Gasteiger charge is -2.61. The van der Waals surface area contributed by atoms with Crippen LogP contribution in [0.5, 0.6) is 0 Å². The molecule has 1 heteroatoms. The van der Waals surface area contributed by atoms with Crippen LogP contribution in [0.4, 0.5) is 0 Å². The van der Waals surface area contributed by atoms with Crippen molar-refractivity contribution in [3.63, 3.8) is 0 Å². The summed E-state index contributed by atoms with van der Waals surface area (Å²) in [4.78, 5) is 0. The molecule has 14 heavy (non-hydrogen) atoms. The van der Waals surface area contributed by atoms with Crippen molar-refractivity contribution >= 4 is 0 Å². The smallest absolute Gasteiger partial charge is 0.0232 e. The van der Waals surface area contributed by atoms with Crippen molar-refractivity contribution in [3.8, 4) is 0 Å². The first-order chi connectivity index (χ1) is 6.78. The van der Waals surface area contributed by atoms with Crippen LogP contribution in [0.3, 0.4) is 0 Å². The van der Waals surface area contributed by atoms with Crippen molar-refractivity contribution < 1.29 is 0 Å². The zero-order chi connectivity index (χ0) is 9.76. The molecule has 4 fully saturated rings. The third kappa shape index (κ3) is 0.997. The first-order valence-corrected chi connectivity index (χ1v) is 6.47. The highest BCUT2D eigenvalue weighted by Crippen LogP contribution is 2.58. The maximum absolute atomic E-state index is 3.71. The summed E-state index contributed by atoms with van der Waals surface area (Å²) in [7, 11) is 2.20. The number of nitrogens with one attached hydrogen (secondary N) is 1. The average molecular weight is 193 g/mol. The van der Waals surface area contributed by atoms with Crippen molar-refractivity contribution in [2.24, 2.45) is 23.7 Å². The highest BCUT2D eigenvalue weighted by Gasteiger charge is 2.55. The van der Waals surface area contributed by atoms with Gasteiger partial charge in [0, 0.05) is 5.54 Å². The number of rotatable bonds is 2. The fraction of sp³-hybridized carbons (Fsp3) is 1.00. The Morgan fingerprint density at radius 1 is 1.00 bits per heavy atom. The largest absolute Gasteiger partial charge is 0.314 e. The van der Waals surface area contributed by atoms with Gasteiger partial charge in [0.2, 0.25) is 0 Å². The molecule has 4 rings (SSSR count). The highest BCUT2D eigenvalue weighted by atomic mass is 15.0. The van der Waals surface area contributed by atoms with Crippen molar-refractivity contribution in [3.05, 3.63) is 0 Å². The summed E-state index contributed by atoms with van der Waals surface area (Å²) in [6.07, 6.45) is 9.03. The predicted molar refractivity (Wildman–Crippen MR) is 59.1 cm³/mol. The van der Waals surface area contributed by atoms with E-state index < -0.39 is 0 Å². The molecule has 0 saturated heterocycles. The topological polar surface area (TPSA) is 12.0 Å². The maximum atomic E-state index is 3.71. The molecule has 0 aliphatic heterocycles. The Balaban J connectivity index is 1.93. The van der Waals surface area contributed by atoms with Gasteiger partial charge in [-0.3, -0.25) is 0 Å². The summed E-state index contributed by atoms with van der Waals surface area (Å²) < 4.78 is 0. The molecule has 1 N–H and O–H groups in total. The Bertz CT molecular complexity index is 199. The highest BCUT2D eigenvalue weighted by molar-refractivity contribution is 5.09. The summed E-state index contributed by atoms with van der Waals surface area (Å²) in [6, 6.07) is 0. The molecule has 4 saturated carbocycles. The van der Waals surface area contributed by atoms with Gasteiger partial charge in [0.05, 0.1) is 0 Å². The van der Waals surface area contributed by atoms with Crippen molar-refractivity contribution in [1.29, 1.82) is 0 Å². The monoisotopic (exact) mass is 193 g/mol. The fourth-order valence-electron chi connectivity index (χ4n) is 5.19. The van der Waals surface area contributed by atoms with Crippen LogP contribution in [0.25, 0.3) is 0 Å². The zero-order valence-corrected chi connectivity index (χ0v) is 9.55. The standard InChI is InChI=1S/C13H23N/c1-3-13(14-2)11-5-9-4-10(7-11)8-12(13)6-9/h9-12,14H,3-8H2,1-2H3. The molecule has 4 aliphatic rings. The third-order valence-corrected chi connectivity index (χ3v) is 5.65. The van der Waals surface area contributed by atoms with Gasteiger partial charge in [-0.25, -0.2) is 0 Å². The second kappa shape index (κ2) is 2.98. The molecule has 0 unspecified atom stereocenters. The fourth-order valence-corrected chi connectivity index (χ4v) is 5.19. The van der Waals surface area contributed by atoms with Gasteiger partial charge < -0.3 is 5.32 Å². The molecule has 0 radical (unpaired) electrons. The molecule has 0 heterocycles. The first kappa shape index (κ1) is 9.21. The van der Waals surface area contributed by atoms with Crippen LogP contribution in [0.2, 0.25) is 0 Å². The van der Waals surface area contributed by atoms with Crippen LogP contribution in [0.15, 0.2) is 0 Å². The van der Waals surface area contributed by atoms with Crippen molar-refractivity contribution in [1.82, 2.24) is 5.32 Å². The Kier molecular flexibility index (Phi) is 1.96. The maximum Gasteiger partial charge on any atom is 0.0232 e. The number of hydrogen-bond acceptors (Lipinski definition) is 1. The minimum Gasteiger partial charge on any atom is -0.314 e. The van der Waals surface area contributed by atoms with Gasteiger partial charge in [-0.15, -0.1) is 0 Å². The lowest BCUT2D eigenvalue weighted by molar-refractivity contribution is -0.0721. The van der Waals surface area contributed by atoms with Crippen LogP contribution in [-0.4, -0.2) is 12.6 Å². The molecule has 1 nitrogen and oxygen atoms in total. The molecule has 4 bridgehead atoms. The third-order valence-electron chi connectivity index (χ3n) is 5.65. The molecule has 4 aliphatic carbocycles. The summed E-state index contributed by atoms with van der Waals surface area (Å²) in [6.45, 7) is 2.39. The Labute approximate surface area is 87.7 Å². The van der Waals surface area contributed by atoms with Crippen LogP contribution in [0, 0.1) is 23.7 Å². The van der Waals surface area contributed by atoms with Gasteiger partial charge in [-0.2, -0.15) is 0 Å². The van der Waals surface area contributed by atoms with E-state index in [-0.39, 0.29) is 0 Å². The van der Waals surface area contributed by atoms with Gasteiger partial charge in [0.1, 0.15) is 0 Å². The summed E-state index contributed by atoms with van der Waals surface area (Å²) in [5, 5.41) is 3.71. The first-order valence-electron chi connectivity index (χ1n) is 6.47. The van der Waals surface area contributed by atoms with Crippen LogP contribution in [0.1, 0.15) is 45.4 Å². The van der Waals surface area contributed by atoms with E-state index in [1.54, 1.807) is 6.42 Å². The molecule has 0 aromatic rings. The van der Waals surface area contributed by atoms with Gasteiger partial charge in [0.25, 0.3) is 0 Å². The van der Waals surface area contributed by atoms with E-state index in [1.165, 1.54) is 32.1 Å². The molecule has 80 valence electrons. The van der Waals surface area contributed by atoms with Gasteiger partial charge >= 0.3 is 0 Å². The van der Waals surface area contributed by atoms with E-state index in [4.69, 9.17) is 0 Å². The second-order valence-corrected chi connectivity index (χ2v) is 5.95. The summed E-state index contributed by atoms with van der Waals surface area (Å²) >= 11 is 0. The molecule has 0 amide bonds. The Morgan fingerprint density at radius 3 is 1.86 bits per heavy atom. The molecular weight excluding hydrogens is 170 g/mol. The van der Waals surface area contributed by atoms with Crippen LogP contribution in [-0.2, 0) is 0 Å². The lowest BCUT2D eigenvalue weighted by Crippen LogP contribution is -2.63. The minimum absolute atomic E-state index is 0.535. The minimum atomic E-state index is 0.535. The molecule has 0 spiro atoms. The zero-order valence-electron chi connectivity index (χ0n) is 9.55. The van der Waals surface area contributed by atoms with Crippen molar-refractivity contribution in [2.45, 2.75) is 51.0 Å². The summed E-state index contributed by atoms with van der Waals surface area (Å²) in [5.41, 5.74) is 0.535. The molecular formula is C13H23N. The van der Waals surface area contributed by atoms with Gasteiger partial charge in [-0.05, 0) is 69.2 Å². The lowest BCUT2D eigenvalue weighted by atomic mass is 9.48. The van der Waals surface area contributed by atoms with E-state index in [0.29, 0.717) is 5.54 Å². The van der Waals surface area contributed by atoms with E-state index >= 15 is 0 Å². The molecule has 0 atom stereocenters. The normalized spacial score (nSPS) is 55.3. The van der Waals surface area contributed by atoms with Gasteiger partial charge in [0.15, 0.2) is 0 Å². The van der Waals surface area contributed by atoms with E-state index in [9.17, 15) is 0 Å². The SMILES string of the molecule is CCC1(NC)C2CC3CC(C2)CC1C3. The van der Waals surface area contributed by atoms with Crippen molar-refractivity contribution in [2.75, 3.05) is 7.05 Å². The quantitative estimate of drug-likeness (QED) is 0.711. The Morgan fingerprint density at radius 2 is 1.50 bits per heavy atom. The van der Waals surface area contributed by atoms with E-state index in [1.807, 2.05) is 0 Å². The summed E-state index contributed by atoms with van der Waals surface area (Å²) in [5.74, 6) is 4.22. The molecule has 0 aromatic heterocycles. The Hall–Kier alpha value is -0.0400. The predicted octanol–water partition coefficient (Wildman–Crippen LogP) is 2.81. The van der Waals surface area contributed by atoms with E-state index in [2.05, 4.69) is 19.3 Å². The number of hydrogen-bond donors (Lipinski definition) is 1. The van der Waals surface area contributed by atoms with Crippen LogP contribution >= 0.6 is 0 Å². The van der Waals surface area contributed by atoms with Gasteiger partial charge in [-0.1, -0.05) is 6.92 Å². The molecule has 0 aromatic carbocycles. The van der Waals surface area contributed by atoms with E-state index in [0.717, 1.165) is 23.7 Å². The average Bonchev–Trinajstić information content (AvgIpc) is 2.18. The second-order valence-electron chi connectivity index (χ2n) is 5.95.